The van der Waals surface area contributed by atoms with Crippen LogP contribution in [0.15, 0.2) is 103 Å². The molecule has 0 aliphatic heterocycles. The first kappa shape index (κ1) is 28.2. The number of alkyl halides is 3. The minimum Gasteiger partial charge on any atom is -0.485 e. The molecule has 4 aromatic carbocycles. The van der Waals surface area contributed by atoms with Crippen LogP contribution in [0.3, 0.4) is 0 Å². The molecule has 0 saturated carbocycles. The number of aliphatic carboxylic acids is 1. The normalized spacial score (nSPS) is 11.9. The highest BCUT2D eigenvalue weighted by atomic mass is 19.4. The average molecular weight is 550 g/mol. The quantitative estimate of drug-likeness (QED) is 0.230. The summed E-state index contributed by atoms with van der Waals surface area (Å²) in [5, 5.41) is 12.0. The van der Waals surface area contributed by atoms with Crippen molar-refractivity contribution in [3.63, 3.8) is 0 Å². The second kappa shape index (κ2) is 12.8. The summed E-state index contributed by atoms with van der Waals surface area (Å²) in [6.07, 6.45) is -4.97. The van der Waals surface area contributed by atoms with Gasteiger partial charge in [-0.25, -0.2) is 4.79 Å². The van der Waals surface area contributed by atoms with Crippen LogP contribution in [0.1, 0.15) is 32.6 Å². The van der Waals surface area contributed by atoms with Gasteiger partial charge in [-0.3, -0.25) is 4.79 Å². The number of carbonyl (C=O) groups is 2. The molecule has 4 rings (SSSR count). The molecule has 1 atom stereocenters. The average Bonchev–Trinajstić information content (AvgIpc) is 2.95. The van der Waals surface area contributed by atoms with Gasteiger partial charge in [-0.15, -0.1) is 0 Å². The third-order valence-electron chi connectivity index (χ3n) is 6.00. The van der Waals surface area contributed by atoms with Crippen molar-refractivity contribution in [3.8, 4) is 11.5 Å². The number of ether oxygens (including phenoxy) is 2. The highest BCUT2D eigenvalue weighted by molar-refractivity contribution is 5.98. The zero-order valence-electron chi connectivity index (χ0n) is 21.2. The Labute approximate surface area is 229 Å². The van der Waals surface area contributed by atoms with E-state index in [0.717, 1.165) is 29.3 Å². The molecule has 6 nitrogen and oxygen atoms in total. The maximum atomic E-state index is 13.4. The van der Waals surface area contributed by atoms with Crippen molar-refractivity contribution in [3.05, 3.63) is 131 Å². The van der Waals surface area contributed by atoms with Gasteiger partial charge in [0.2, 0.25) is 0 Å². The summed E-state index contributed by atoms with van der Waals surface area (Å²) in [5.41, 5.74) is 0.521. The molecule has 0 aromatic heterocycles. The summed E-state index contributed by atoms with van der Waals surface area (Å²) in [6.45, 7) is 0.494. The van der Waals surface area contributed by atoms with Gasteiger partial charge < -0.3 is 19.9 Å². The predicted molar refractivity (Wildman–Crippen MR) is 142 cm³/mol. The molecule has 0 radical (unpaired) electrons. The lowest BCUT2D eigenvalue weighted by atomic mass is 10.0. The van der Waals surface area contributed by atoms with E-state index < -0.39 is 35.2 Å². The summed E-state index contributed by atoms with van der Waals surface area (Å²) in [6, 6.07) is 26.5. The molecule has 40 heavy (non-hydrogen) atoms. The third kappa shape index (κ3) is 7.63. The topological polar surface area (TPSA) is 84.9 Å². The number of hydrogen-bond acceptors (Lipinski definition) is 4. The first-order chi connectivity index (χ1) is 19.2. The van der Waals surface area contributed by atoms with Crippen LogP contribution in [0.25, 0.3) is 0 Å². The van der Waals surface area contributed by atoms with E-state index in [4.69, 9.17) is 9.47 Å². The van der Waals surface area contributed by atoms with E-state index in [9.17, 15) is 27.9 Å². The summed E-state index contributed by atoms with van der Waals surface area (Å²) in [5.74, 6) is -1.74. The zero-order chi connectivity index (χ0) is 28.5. The van der Waals surface area contributed by atoms with Gasteiger partial charge in [0, 0.05) is 6.42 Å². The monoisotopic (exact) mass is 549 g/mol. The van der Waals surface area contributed by atoms with Crippen LogP contribution in [-0.2, 0) is 30.6 Å². The minimum absolute atomic E-state index is 0.198. The Morgan fingerprint density at radius 2 is 1.27 bits per heavy atom. The fourth-order valence-corrected chi connectivity index (χ4v) is 3.98. The van der Waals surface area contributed by atoms with Crippen molar-refractivity contribution in [2.45, 2.75) is 31.9 Å². The lowest BCUT2D eigenvalue weighted by Gasteiger charge is -2.18. The molecular weight excluding hydrogens is 523 g/mol. The van der Waals surface area contributed by atoms with E-state index in [1.165, 1.54) is 6.07 Å². The highest BCUT2D eigenvalue weighted by Crippen LogP contribution is 2.33. The van der Waals surface area contributed by atoms with Gasteiger partial charge in [0.15, 0.2) is 11.5 Å². The Kier molecular flexibility index (Phi) is 9.06. The van der Waals surface area contributed by atoms with Crippen LogP contribution in [0, 0.1) is 0 Å². The van der Waals surface area contributed by atoms with Crippen molar-refractivity contribution >= 4 is 11.9 Å². The maximum absolute atomic E-state index is 13.4. The lowest BCUT2D eigenvalue weighted by Crippen LogP contribution is -2.42. The Bertz CT molecular complexity index is 1440. The second-order valence-electron chi connectivity index (χ2n) is 8.94. The largest absolute Gasteiger partial charge is 0.485 e. The first-order valence-electron chi connectivity index (χ1n) is 12.4. The van der Waals surface area contributed by atoms with E-state index in [-0.39, 0.29) is 19.6 Å². The van der Waals surface area contributed by atoms with Gasteiger partial charge in [0.05, 0.1) is 11.1 Å². The summed E-state index contributed by atoms with van der Waals surface area (Å²) >= 11 is 0. The van der Waals surface area contributed by atoms with Crippen LogP contribution < -0.4 is 14.8 Å². The number of carboxylic acids is 1. The number of amides is 1. The standard InChI is InChI=1S/C31H26F3NO5/c32-31(33,34)25-14-8-7-13-24(25)29(36)35-26(30(37)38)17-23-15-16-27(39-19-21-9-3-1-4-10-21)28(18-23)40-20-22-11-5-2-6-12-22/h1-16,18,26H,17,19-20H2,(H,35,36)(H,37,38)/t26-/m1/s1. The highest BCUT2D eigenvalue weighted by Gasteiger charge is 2.35. The van der Waals surface area contributed by atoms with Gasteiger partial charge in [-0.2, -0.15) is 13.2 Å². The Balaban J connectivity index is 1.54. The van der Waals surface area contributed by atoms with Crippen molar-refractivity contribution in [2.75, 3.05) is 0 Å². The van der Waals surface area contributed by atoms with Crippen molar-refractivity contribution in [1.82, 2.24) is 5.32 Å². The number of carbonyl (C=O) groups excluding carboxylic acids is 1. The predicted octanol–water partition coefficient (Wildman–Crippen LogP) is 6.29. The lowest BCUT2D eigenvalue weighted by molar-refractivity contribution is -0.139. The van der Waals surface area contributed by atoms with Crippen molar-refractivity contribution < 1.29 is 37.3 Å². The van der Waals surface area contributed by atoms with E-state index in [1.807, 2.05) is 60.7 Å². The van der Waals surface area contributed by atoms with E-state index in [0.29, 0.717) is 17.1 Å². The Morgan fingerprint density at radius 3 is 1.85 bits per heavy atom. The summed E-state index contributed by atoms with van der Waals surface area (Å²) in [4.78, 5) is 24.7. The molecule has 0 fully saturated rings. The number of benzene rings is 4. The van der Waals surface area contributed by atoms with Crippen LogP contribution in [0.4, 0.5) is 13.2 Å². The Morgan fingerprint density at radius 1 is 0.725 bits per heavy atom. The molecule has 0 saturated heterocycles. The SMILES string of the molecule is O=C(N[C@H](Cc1ccc(OCc2ccccc2)c(OCc2ccccc2)c1)C(=O)O)c1ccccc1C(F)(F)F. The molecule has 0 bridgehead atoms. The van der Waals surface area contributed by atoms with Crippen LogP contribution in [0.5, 0.6) is 11.5 Å². The molecule has 0 heterocycles. The molecule has 4 aromatic rings. The molecule has 206 valence electrons. The van der Waals surface area contributed by atoms with Crippen LogP contribution >= 0.6 is 0 Å². The fourth-order valence-electron chi connectivity index (χ4n) is 3.98. The molecule has 0 aliphatic carbocycles. The first-order valence-corrected chi connectivity index (χ1v) is 12.4. The minimum atomic E-state index is -4.77. The summed E-state index contributed by atoms with van der Waals surface area (Å²) in [7, 11) is 0. The molecular formula is C31H26F3NO5. The second-order valence-corrected chi connectivity index (χ2v) is 8.94. The van der Waals surface area contributed by atoms with E-state index >= 15 is 0 Å². The van der Waals surface area contributed by atoms with Gasteiger partial charge in [0.25, 0.3) is 5.91 Å². The van der Waals surface area contributed by atoms with Gasteiger partial charge in [-0.1, -0.05) is 78.9 Å². The molecule has 9 heteroatoms. The van der Waals surface area contributed by atoms with Gasteiger partial charge in [-0.05, 0) is 41.0 Å². The number of carboxylic acid groups (broad SMARTS) is 1. The van der Waals surface area contributed by atoms with Gasteiger partial charge in [0.1, 0.15) is 19.3 Å². The third-order valence-corrected chi connectivity index (χ3v) is 6.00. The van der Waals surface area contributed by atoms with Crippen LogP contribution in [-0.4, -0.2) is 23.0 Å². The van der Waals surface area contributed by atoms with E-state index in [2.05, 4.69) is 5.32 Å². The van der Waals surface area contributed by atoms with Crippen molar-refractivity contribution in [1.29, 1.82) is 0 Å². The van der Waals surface area contributed by atoms with E-state index in [1.54, 1.807) is 18.2 Å². The van der Waals surface area contributed by atoms with Crippen LogP contribution in [0.2, 0.25) is 0 Å². The Hall–Kier alpha value is -4.79. The maximum Gasteiger partial charge on any atom is 0.417 e. The molecule has 0 spiro atoms. The number of halogens is 3. The zero-order valence-corrected chi connectivity index (χ0v) is 21.2. The number of nitrogens with one attached hydrogen (secondary N) is 1. The number of rotatable bonds is 11. The summed E-state index contributed by atoms with van der Waals surface area (Å²) < 4.78 is 52.1. The fraction of sp³-hybridized carbons (Fsp3) is 0.161. The molecule has 1 amide bonds. The molecule has 0 unspecified atom stereocenters. The van der Waals surface area contributed by atoms with Gasteiger partial charge >= 0.3 is 12.1 Å². The molecule has 0 aliphatic rings. The number of hydrogen-bond donors (Lipinski definition) is 2. The van der Waals surface area contributed by atoms with Crippen molar-refractivity contribution in [2.24, 2.45) is 0 Å². The smallest absolute Gasteiger partial charge is 0.417 e. The molecule has 2 N–H and O–H groups in total.